The van der Waals surface area contributed by atoms with Crippen molar-refractivity contribution in [1.29, 1.82) is 0 Å². The Labute approximate surface area is 139 Å². The summed E-state index contributed by atoms with van der Waals surface area (Å²) in [4.78, 5) is 9.63. The SMILES string of the molecule is CCNC(=NCC1CC1)N1CCN(c2cccc(OC)c2)CC1. The lowest BCUT2D eigenvalue weighted by atomic mass is 10.2. The van der Waals surface area contributed by atoms with E-state index < -0.39 is 0 Å². The van der Waals surface area contributed by atoms with Gasteiger partial charge in [-0.1, -0.05) is 6.07 Å². The van der Waals surface area contributed by atoms with E-state index in [1.807, 2.05) is 6.07 Å². The van der Waals surface area contributed by atoms with Crippen LogP contribution in [0.25, 0.3) is 0 Å². The van der Waals surface area contributed by atoms with Crippen LogP contribution in [-0.2, 0) is 0 Å². The quantitative estimate of drug-likeness (QED) is 0.668. The summed E-state index contributed by atoms with van der Waals surface area (Å²) in [6, 6.07) is 8.32. The molecule has 126 valence electrons. The van der Waals surface area contributed by atoms with Gasteiger partial charge in [0.05, 0.1) is 7.11 Å². The van der Waals surface area contributed by atoms with Crippen molar-refractivity contribution in [2.75, 3.05) is 51.3 Å². The first-order valence-electron chi connectivity index (χ1n) is 8.72. The average molecular weight is 316 g/mol. The number of methoxy groups -OCH3 is 1. The van der Waals surface area contributed by atoms with Crippen LogP contribution in [0.2, 0.25) is 0 Å². The van der Waals surface area contributed by atoms with Crippen molar-refractivity contribution in [1.82, 2.24) is 10.2 Å². The van der Waals surface area contributed by atoms with E-state index in [1.165, 1.54) is 18.5 Å². The molecule has 0 atom stereocenters. The maximum atomic E-state index is 5.33. The summed E-state index contributed by atoms with van der Waals surface area (Å²) in [6.45, 7) is 8.10. The molecule has 1 heterocycles. The number of hydrogen-bond donors (Lipinski definition) is 1. The van der Waals surface area contributed by atoms with Gasteiger partial charge in [0, 0.05) is 51.0 Å². The number of anilines is 1. The van der Waals surface area contributed by atoms with Crippen LogP contribution in [0.4, 0.5) is 5.69 Å². The minimum atomic E-state index is 0.835. The summed E-state index contributed by atoms with van der Waals surface area (Å²) >= 11 is 0. The molecule has 3 rings (SSSR count). The summed E-state index contributed by atoms with van der Waals surface area (Å²) < 4.78 is 5.33. The Morgan fingerprint density at radius 3 is 2.70 bits per heavy atom. The summed E-state index contributed by atoms with van der Waals surface area (Å²) in [6.07, 6.45) is 2.71. The Morgan fingerprint density at radius 2 is 2.04 bits per heavy atom. The van der Waals surface area contributed by atoms with Gasteiger partial charge in [0.2, 0.25) is 0 Å². The molecule has 1 saturated carbocycles. The van der Waals surface area contributed by atoms with Crippen molar-refractivity contribution in [3.8, 4) is 5.75 Å². The summed E-state index contributed by atoms with van der Waals surface area (Å²) in [5.74, 6) is 2.84. The summed E-state index contributed by atoms with van der Waals surface area (Å²) in [5, 5.41) is 3.45. The first-order valence-corrected chi connectivity index (χ1v) is 8.72. The van der Waals surface area contributed by atoms with Crippen molar-refractivity contribution in [2.45, 2.75) is 19.8 Å². The van der Waals surface area contributed by atoms with E-state index in [9.17, 15) is 0 Å². The second-order valence-corrected chi connectivity index (χ2v) is 6.31. The van der Waals surface area contributed by atoms with Crippen LogP contribution in [-0.4, -0.2) is 57.2 Å². The van der Waals surface area contributed by atoms with E-state index in [1.54, 1.807) is 7.11 Å². The second-order valence-electron chi connectivity index (χ2n) is 6.31. The number of guanidine groups is 1. The highest BCUT2D eigenvalue weighted by molar-refractivity contribution is 5.80. The topological polar surface area (TPSA) is 40.1 Å². The van der Waals surface area contributed by atoms with Crippen molar-refractivity contribution in [3.63, 3.8) is 0 Å². The molecule has 5 nitrogen and oxygen atoms in total. The molecule has 0 unspecified atom stereocenters. The standard InChI is InChI=1S/C18H28N4O/c1-3-19-18(20-14-15-7-8-15)22-11-9-21(10-12-22)16-5-4-6-17(13-16)23-2/h4-6,13,15H,3,7-12,14H2,1-2H3,(H,19,20). The van der Waals surface area contributed by atoms with Gasteiger partial charge in [0.25, 0.3) is 0 Å². The van der Waals surface area contributed by atoms with Crippen LogP contribution in [0.15, 0.2) is 29.3 Å². The Morgan fingerprint density at radius 1 is 1.26 bits per heavy atom. The summed E-state index contributed by atoms with van der Waals surface area (Å²) in [7, 11) is 1.72. The normalized spacial score (nSPS) is 19.0. The van der Waals surface area contributed by atoms with Gasteiger partial charge in [-0.15, -0.1) is 0 Å². The number of aliphatic imine (C=N–C) groups is 1. The molecule has 0 amide bonds. The number of benzene rings is 1. The lowest BCUT2D eigenvalue weighted by molar-refractivity contribution is 0.371. The zero-order chi connectivity index (χ0) is 16.1. The van der Waals surface area contributed by atoms with E-state index in [0.29, 0.717) is 0 Å². The molecule has 2 fully saturated rings. The highest BCUT2D eigenvalue weighted by Crippen LogP contribution is 2.29. The number of nitrogens with one attached hydrogen (secondary N) is 1. The van der Waals surface area contributed by atoms with Crippen LogP contribution >= 0.6 is 0 Å². The fourth-order valence-corrected chi connectivity index (χ4v) is 2.93. The maximum Gasteiger partial charge on any atom is 0.194 e. The van der Waals surface area contributed by atoms with E-state index in [4.69, 9.17) is 9.73 Å². The highest BCUT2D eigenvalue weighted by Gasteiger charge is 2.23. The average Bonchev–Trinajstić information content (AvgIpc) is 3.43. The molecule has 1 aliphatic carbocycles. The fraction of sp³-hybridized carbons (Fsp3) is 0.611. The molecule has 0 spiro atoms. The van der Waals surface area contributed by atoms with Gasteiger partial charge in [-0.05, 0) is 37.8 Å². The van der Waals surface area contributed by atoms with Gasteiger partial charge in [-0.3, -0.25) is 4.99 Å². The molecule has 2 aliphatic rings. The van der Waals surface area contributed by atoms with Gasteiger partial charge in [-0.2, -0.15) is 0 Å². The maximum absolute atomic E-state index is 5.33. The van der Waals surface area contributed by atoms with Crippen LogP contribution in [0.5, 0.6) is 5.75 Å². The largest absolute Gasteiger partial charge is 0.497 e. The van der Waals surface area contributed by atoms with Gasteiger partial charge >= 0.3 is 0 Å². The molecular formula is C18H28N4O. The predicted octanol–water partition coefficient (Wildman–Crippen LogP) is 2.19. The number of piperazine rings is 1. The van der Waals surface area contributed by atoms with Crippen LogP contribution in [0.1, 0.15) is 19.8 Å². The van der Waals surface area contributed by atoms with Crippen molar-refractivity contribution in [3.05, 3.63) is 24.3 Å². The molecule has 23 heavy (non-hydrogen) atoms. The van der Waals surface area contributed by atoms with Crippen LogP contribution in [0.3, 0.4) is 0 Å². The number of ether oxygens (including phenoxy) is 1. The Kier molecular flexibility index (Phi) is 5.26. The monoisotopic (exact) mass is 316 g/mol. The number of rotatable bonds is 5. The van der Waals surface area contributed by atoms with Gasteiger partial charge in [0.1, 0.15) is 5.75 Å². The molecule has 1 aromatic rings. The molecule has 1 aromatic carbocycles. The van der Waals surface area contributed by atoms with E-state index in [2.05, 4.69) is 40.2 Å². The third-order valence-electron chi connectivity index (χ3n) is 4.53. The smallest absolute Gasteiger partial charge is 0.194 e. The zero-order valence-corrected chi connectivity index (χ0v) is 14.3. The lowest BCUT2D eigenvalue weighted by Crippen LogP contribution is -2.52. The van der Waals surface area contributed by atoms with Crippen molar-refractivity contribution in [2.24, 2.45) is 10.9 Å². The third kappa shape index (κ3) is 4.30. The van der Waals surface area contributed by atoms with Gasteiger partial charge in [0.15, 0.2) is 5.96 Å². The first kappa shape index (κ1) is 16.0. The van der Waals surface area contributed by atoms with Gasteiger partial charge < -0.3 is 19.9 Å². The summed E-state index contributed by atoms with van der Waals surface area (Å²) in [5.41, 5.74) is 1.24. The zero-order valence-electron chi connectivity index (χ0n) is 14.3. The highest BCUT2D eigenvalue weighted by atomic mass is 16.5. The van der Waals surface area contributed by atoms with Gasteiger partial charge in [-0.25, -0.2) is 0 Å². The lowest BCUT2D eigenvalue weighted by Gasteiger charge is -2.37. The minimum absolute atomic E-state index is 0.835. The Hall–Kier alpha value is -1.91. The molecule has 0 aromatic heterocycles. The van der Waals surface area contributed by atoms with E-state index in [0.717, 1.165) is 56.9 Å². The van der Waals surface area contributed by atoms with Crippen molar-refractivity contribution < 1.29 is 4.74 Å². The van der Waals surface area contributed by atoms with Crippen LogP contribution < -0.4 is 15.0 Å². The molecule has 1 N–H and O–H groups in total. The molecule has 0 bridgehead atoms. The molecule has 1 aliphatic heterocycles. The third-order valence-corrected chi connectivity index (χ3v) is 4.53. The molecule has 0 radical (unpaired) electrons. The van der Waals surface area contributed by atoms with Crippen molar-refractivity contribution >= 4 is 11.6 Å². The van der Waals surface area contributed by atoms with E-state index in [-0.39, 0.29) is 0 Å². The molecule has 1 saturated heterocycles. The molecular weight excluding hydrogens is 288 g/mol. The molecule has 5 heteroatoms. The number of nitrogens with zero attached hydrogens (tertiary/aromatic N) is 3. The van der Waals surface area contributed by atoms with E-state index >= 15 is 0 Å². The Balaban J connectivity index is 1.58. The second kappa shape index (κ2) is 7.57. The minimum Gasteiger partial charge on any atom is -0.497 e. The predicted molar refractivity (Wildman–Crippen MR) is 95.5 cm³/mol. The first-order chi connectivity index (χ1) is 11.3. The van der Waals surface area contributed by atoms with Crippen LogP contribution in [0, 0.1) is 5.92 Å². The Bertz CT molecular complexity index is 534. The fourth-order valence-electron chi connectivity index (χ4n) is 2.93. The number of hydrogen-bond acceptors (Lipinski definition) is 3.